The van der Waals surface area contributed by atoms with Crippen LogP contribution < -0.4 is 20.1 Å². The summed E-state index contributed by atoms with van der Waals surface area (Å²) in [4.78, 5) is 21.7. The Bertz CT molecular complexity index is 701. The smallest absolute Gasteiger partial charge is 0.150 e. The number of carbonyl (C=O) groups is 2. The molecule has 0 aromatic heterocycles. The molecule has 0 aliphatic carbocycles. The van der Waals surface area contributed by atoms with Gasteiger partial charge in [0.2, 0.25) is 0 Å². The van der Waals surface area contributed by atoms with Crippen LogP contribution in [0.5, 0.6) is 11.5 Å². The predicted molar refractivity (Wildman–Crippen MR) is 105 cm³/mol. The molecule has 0 aliphatic heterocycles. The largest absolute Gasteiger partial charge is 0.489 e. The molecule has 0 atom stereocenters. The zero-order valence-corrected chi connectivity index (χ0v) is 15.5. The second kappa shape index (κ2) is 10.8. The van der Waals surface area contributed by atoms with Gasteiger partial charge in [0.15, 0.2) is 0 Å². The predicted octanol–water partition coefficient (Wildman–Crippen LogP) is 2.87. The van der Waals surface area contributed by atoms with Crippen molar-refractivity contribution in [2.45, 2.75) is 0 Å². The van der Waals surface area contributed by atoms with Gasteiger partial charge in [-0.1, -0.05) is 0 Å². The Morgan fingerprint density at radius 1 is 0.741 bits per heavy atom. The van der Waals surface area contributed by atoms with Crippen LogP contribution in [0.4, 0.5) is 11.4 Å². The van der Waals surface area contributed by atoms with Gasteiger partial charge in [0.1, 0.15) is 37.3 Å². The Balaban J connectivity index is 1.73. The van der Waals surface area contributed by atoms with E-state index in [9.17, 15) is 9.59 Å². The molecule has 0 radical (unpaired) electrons. The molecule has 0 spiro atoms. The van der Waals surface area contributed by atoms with E-state index in [4.69, 9.17) is 14.2 Å². The van der Waals surface area contributed by atoms with Crippen molar-refractivity contribution in [2.24, 2.45) is 0 Å². The van der Waals surface area contributed by atoms with Crippen LogP contribution in [-0.2, 0) is 4.74 Å². The third-order valence-corrected chi connectivity index (χ3v) is 3.79. The molecule has 2 N–H and O–H groups in total. The lowest BCUT2D eigenvalue weighted by atomic mass is 10.2. The lowest BCUT2D eigenvalue weighted by molar-refractivity contribution is 0.0767. The van der Waals surface area contributed by atoms with Crippen LogP contribution in [-0.4, -0.2) is 53.1 Å². The maximum Gasteiger partial charge on any atom is 0.150 e. The minimum atomic E-state index is 0.347. The van der Waals surface area contributed by atoms with Gasteiger partial charge in [-0.3, -0.25) is 9.59 Å². The summed E-state index contributed by atoms with van der Waals surface area (Å²) < 4.78 is 16.8. The summed E-state index contributed by atoms with van der Waals surface area (Å²) in [6.45, 7) is 1.45. The number of benzene rings is 2. The van der Waals surface area contributed by atoms with Crippen molar-refractivity contribution in [3.8, 4) is 11.5 Å². The first-order valence-electron chi connectivity index (χ1n) is 8.59. The molecule has 0 unspecified atom stereocenters. The normalized spacial score (nSPS) is 10.1. The molecule has 0 saturated carbocycles. The molecule has 7 heteroatoms. The number of hydrogen-bond acceptors (Lipinski definition) is 7. The fourth-order valence-corrected chi connectivity index (χ4v) is 2.40. The van der Waals surface area contributed by atoms with Crippen molar-refractivity contribution in [2.75, 3.05) is 51.2 Å². The van der Waals surface area contributed by atoms with Gasteiger partial charge in [-0.05, 0) is 36.4 Å². The molecule has 144 valence electrons. The minimum Gasteiger partial charge on any atom is -0.489 e. The van der Waals surface area contributed by atoms with E-state index in [2.05, 4.69) is 10.6 Å². The van der Waals surface area contributed by atoms with Crippen molar-refractivity contribution in [3.05, 3.63) is 47.5 Å². The highest BCUT2D eigenvalue weighted by Crippen LogP contribution is 2.25. The number of nitrogens with one attached hydrogen (secondary N) is 2. The summed E-state index contributed by atoms with van der Waals surface area (Å²) in [5.74, 6) is 1.21. The van der Waals surface area contributed by atoms with Gasteiger partial charge in [-0.2, -0.15) is 0 Å². The monoisotopic (exact) mass is 372 g/mol. The van der Waals surface area contributed by atoms with Gasteiger partial charge in [0.25, 0.3) is 0 Å². The Labute approximate surface area is 158 Å². The molecule has 0 fully saturated rings. The van der Waals surface area contributed by atoms with Crippen LogP contribution in [0.3, 0.4) is 0 Å². The van der Waals surface area contributed by atoms with E-state index in [-0.39, 0.29) is 0 Å². The fourth-order valence-electron chi connectivity index (χ4n) is 2.40. The molecule has 0 bridgehead atoms. The molecule has 2 rings (SSSR count). The Kier molecular flexibility index (Phi) is 8.12. The molecular formula is C20H24N2O5. The summed E-state index contributed by atoms with van der Waals surface area (Å²) in [6.07, 6.45) is 1.55. The highest BCUT2D eigenvalue weighted by atomic mass is 16.5. The number of anilines is 2. The summed E-state index contributed by atoms with van der Waals surface area (Å²) in [7, 11) is 3.57. The third kappa shape index (κ3) is 6.00. The zero-order valence-electron chi connectivity index (χ0n) is 15.5. The van der Waals surface area contributed by atoms with E-state index in [1.807, 2.05) is 0 Å². The Morgan fingerprint density at radius 2 is 1.19 bits per heavy atom. The topological polar surface area (TPSA) is 85.9 Å². The summed E-state index contributed by atoms with van der Waals surface area (Å²) in [5.41, 5.74) is 2.71. The van der Waals surface area contributed by atoms with E-state index >= 15 is 0 Å². The van der Waals surface area contributed by atoms with Crippen molar-refractivity contribution in [3.63, 3.8) is 0 Å². The summed E-state index contributed by atoms with van der Waals surface area (Å²) in [5, 5.41) is 6.03. The average Bonchev–Trinajstić information content (AvgIpc) is 2.72. The first-order chi connectivity index (χ1) is 13.2. The van der Waals surface area contributed by atoms with Crippen molar-refractivity contribution in [1.29, 1.82) is 0 Å². The number of aldehydes is 2. The highest BCUT2D eigenvalue weighted by molar-refractivity contribution is 5.78. The molecule has 0 saturated heterocycles. The minimum absolute atomic E-state index is 0.347. The van der Waals surface area contributed by atoms with E-state index in [1.165, 1.54) is 0 Å². The molecule has 0 heterocycles. The molecule has 0 amide bonds. The van der Waals surface area contributed by atoms with Crippen LogP contribution >= 0.6 is 0 Å². The third-order valence-electron chi connectivity index (χ3n) is 3.79. The van der Waals surface area contributed by atoms with Gasteiger partial charge >= 0.3 is 0 Å². The molecule has 0 aliphatic rings. The molecule has 2 aromatic carbocycles. The van der Waals surface area contributed by atoms with Gasteiger partial charge in [0, 0.05) is 25.2 Å². The highest BCUT2D eigenvalue weighted by Gasteiger charge is 2.05. The number of rotatable bonds is 12. The van der Waals surface area contributed by atoms with Crippen LogP contribution in [0.1, 0.15) is 20.7 Å². The average molecular weight is 372 g/mol. The second-order valence-corrected chi connectivity index (χ2v) is 5.56. The van der Waals surface area contributed by atoms with E-state index in [0.29, 0.717) is 49.1 Å². The van der Waals surface area contributed by atoms with E-state index in [1.54, 1.807) is 50.5 Å². The van der Waals surface area contributed by atoms with E-state index in [0.717, 1.165) is 23.9 Å². The summed E-state index contributed by atoms with van der Waals surface area (Å²) in [6, 6.07) is 10.4. The lowest BCUT2D eigenvalue weighted by Gasteiger charge is -2.13. The van der Waals surface area contributed by atoms with Crippen LogP contribution in [0.15, 0.2) is 36.4 Å². The number of carbonyl (C=O) groups excluding carboxylic acids is 2. The standard InChI is InChI=1S/C20H24N2O5/c1-21-17-5-3-15(13-23)11-19(17)26-9-7-25-8-10-27-20-12-16(14-24)4-6-18(20)22-2/h3-6,11-14,21-22H,7-10H2,1-2H3. The van der Waals surface area contributed by atoms with Gasteiger partial charge in [-0.25, -0.2) is 0 Å². The Morgan fingerprint density at radius 3 is 1.56 bits per heavy atom. The fraction of sp³-hybridized carbons (Fsp3) is 0.300. The molecule has 7 nitrogen and oxygen atoms in total. The van der Waals surface area contributed by atoms with Gasteiger partial charge in [0.05, 0.1) is 24.6 Å². The second-order valence-electron chi connectivity index (χ2n) is 5.56. The quantitative estimate of drug-likeness (QED) is 0.438. The van der Waals surface area contributed by atoms with Crippen LogP contribution in [0, 0.1) is 0 Å². The van der Waals surface area contributed by atoms with Gasteiger partial charge in [-0.15, -0.1) is 0 Å². The summed E-state index contributed by atoms with van der Waals surface area (Å²) >= 11 is 0. The first kappa shape index (κ1) is 20.3. The molecular weight excluding hydrogens is 348 g/mol. The SMILES string of the molecule is CNc1ccc(C=O)cc1OCCOCCOc1cc(C=O)ccc1NC. The molecule has 27 heavy (non-hydrogen) atoms. The zero-order chi connectivity index (χ0) is 19.5. The first-order valence-corrected chi connectivity index (χ1v) is 8.59. The van der Waals surface area contributed by atoms with Crippen molar-refractivity contribution < 1.29 is 23.8 Å². The lowest BCUT2D eigenvalue weighted by Crippen LogP contribution is -2.13. The van der Waals surface area contributed by atoms with Crippen LogP contribution in [0.2, 0.25) is 0 Å². The van der Waals surface area contributed by atoms with Crippen molar-refractivity contribution >= 4 is 23.9 Å². The van der Waals surface area contributed by atoms with E-state index < -0.39 is 0 Å². The van der Waals surface area contributed by atoms with Crippen molar-refractivity contribution in [1.82, 2.24) is 0 Å². The van der Waals surface area contributed by atoms with Gasteiger partial charge < -0.3 is 24.8 Å². The van der Waals surface area contributed by atoms with Crippen LogP contribution in [0.25, 0.3) is 0 Å². The number of ether oxygens (including phenoxy) is 3. The maximum atomic E-state index is 10.9. The molecule has 2 aromatic rings. The number of hydrogen-bond donors (Lipinski definition) is 2. The maximum absolute atomic E-state index is 10.9. The Hall–Kier alpha value is -3.06.